The first kappa shape index (κ1) is 15.0. The lowest BCUT2D eigenvalue weighted by atomic mass is 10.2. The molecule has 2 amide bonds. The standard InChI is InChI=1S/C13H18N2O4/c1-9(2)15(7-8-16)13(19)14-11-5-3-10(4-6-11)12(17)18/h3-6,9,16H,7-8H2,1-2H3,(H,14,19)(H,17,18). The van der Waals surface area contributed by atoms with E-state index < -0.39 is 5.97 Å². The molecule has 0 aliphatic carbocycles. The Morgan fingerprint density at radius 1 is 1.26 bits per heavy atom. The van der Waals surface area contributed by atoms with Crippen molar-refractivity contribution >= 4 is 17.7 Å². The Bertz CT molecular complexity index is 442. The molecule has 6 heteroatoms. The normalized spacial score (nSPS) is 10.3. The van der Waals surface area contributed by atoms with Gasteiger partial charge in [-0.1, -0.05) is 0 Å². The molecule has 1 aromatic rings. The van der Waals surface area contributed by atoms with Crippen LogP contribution in [0, 0.1) is 0 Å². The third kappa shape index (κ3) is 4.26. The van der Waals surface area contributed by atoms with Crippen LogP contribution in [-0.4, -0.2) is 46.3 Å². The van der Waals surface area contributed by atoms with Crippen molar-refractivity contribution in [2.24, 2.45) is 0 Å². The zero-order valence-electron chi connectivity index (χ0n) is 11.0. The molecule has 104 valence electrons. The molecule has 0 radical (unpaired) electrons. The number of aliphatic hydroxyl groups excluding tert-OH is 1. The number of carbonyl (C=O) groups is 2. The molecule has 0 spiro atoms. The quantitative estimate of drug-likeness (QED) is 0.755. The van der Waals surface area contributed by atoms with Crippen LogP contribution in [0.15, 0.2) is 24.3 Å². The van der Waals surface area contributed by atoms with Gasteiger partial charge in [0.2, 0.25) is 0 Å². The van der Waals surface area contributed by atoms with Crippen LogP contribution in [0.3, 0.4) is 0 Å². The molecule has 0 saturated carbocycles. The molecule has 0 atom stereocenters. The molecule has 1 rings (SSSR count). The summed E-state index contributed by atoms with van der Waals surface area (Å²) in [6.45, 7) is 3.84. The molecule has 19 heavy (non-hydrogen) atoms. The number of rotatable bonds is 5. The molecule has 0 aliphatic rings. The van der Waals surface area contributed by atoms with Crippen molar-refractivity contribution in [3.05, 3.63) is 29.8 Å². The summed E-state index contributed by atoms with van der Waals surface area (Å²) in [4.78, 5) is 24.1. The van der Waals surface area contributed by atoms with Crippen LogP contribution >= 0.6 is 0 Å². The fourth-order valence-electron chi connectivity index (χ4n) is 1.59. The number of nitrogens with zero attached hydrogens (tertiary/aromatic N) is 1. The summed E-state index contributed by atoms with van der Waals surface area (Å²) in [5.41, 5.74) is 0.674. The average Bonchev–Trinajstić information content (AvgIpc) is 2.36. The Morgan fingerprint density at radius 2 is 1.84 bits per heavy atom. The number of aliphatic hydroxyl groups is 1. The van der Waals surface area contributed by atoms with E-state index in [2.05, 4.69) is 5.32 Å². The molecule has 0 fully saturated rings. The van der Waals surface area contributed by atoms with Gasteiger partial charge in [0.05, 0.1) is 12.2 Å². The monoisotopic (exact) mass is 266 g/mol. The summed E-state index contributed by atoms with van der Waals surface area (Å²) in [5.74, 6) is -1.01. The number of carboxylic acids is 1. The fourth-order valence-corrected chi connectivity index (χ4v) is 1.59. The molecule has 0 bridgehead atoms. The van der Waals surface area contributed by atoms with Gasteiger partial charge in [-0.05, 0) is 38.1 Å². The van der Waals surface area contributed by atoms with E-state index in [-0.39, 0.29) is 30.8 Å². The van der Waals surface area contributed by atoms with Crippen molar-refractivity contribution < 1.29 is 19.8 Å². The summed E-state index contributed by atoms with van der Waals surface area (Å²) in [7, 11) is 0. The lowest BCUT2D eigenvalue weighted by molar-refractivity contribution is 0.0697. The third-order valence-corrected chi connectivity index (χ3v) is 2.61. The second-order valence-corrected chi connectivity index (χ2v) is 4.32. The van der Waals surface area contributed by atoms with Crippen LogP contribution in [0.1, 0.15) is 24.2 Å². The highest BCUT2D eigenvalue weighted by Crippen LogP contribution is 2.11. The van der Waals surface area contributed by atoms with Gasteiger partial charge in [-0.25, -0.2) is 9.59 Å². The first-order valence-corrected chi connectivity index (χ1v) is 5.97. The third-order valence-electron chi connectivity index (χ3n) is 2.61. The molecular formula is C13H18N2O4. The van der Waals surface area contributed by atoms with Crippen molar-refractivity contribution in [3.8, 4) is 0 Å². The number of hydrogen-bond acceptors (Lipinski definition) is 3. The molecule has 0 aliphatic heterocycles. The molecule has 0 heterocycles. The maximum atomic E-state index is 12.0. The highest BCUT2D eigenvalue weighted by molar-refractivity contribution is 5.91. The second kappa shape index (κ2) is 6.75. The largest absolute Gasteiger partial charge is 0.478 e. The number of benzene rings is 1. The van der Waals surface area contributed by atoms with Gasteiger partial charge in [-0.3, -0.25) is 0 Å². The first-order chi connectivity index (χ1) is 8.95. The number of anilines is 1. The Hall–Kier alpha value is -2.08. The van der Waals surface area contributed by atoms with E-state index in [1.807, 2.05) is 13.8 Å². The number of carbonyl (C=O) groups excluding carboxylic acids is 1. The summed E-state index contributed by atoms with van der Waals surface area (Å²) < 4.78 is 0. The predicted octanol–water partition coefficient (Wildman–Crippen LogP) is 1.62. The number of carboxylic acid groups (broad SMARTS) is 1. The topological polar surface area (TPSA) is 89.9 Å². The van der Waals surface area contributed by atoms with Gasteiger partial charge in [0, 0.05) is 18.3 Å². The smallest absolute Gasteiger partial charge is 0.335 e. The van der Waals surface area contributed by atoms with E-state index in [1.54, 1.807) is 0 Å². The van der Waals surface area contributed by atoms with E-state index in [0.29, 0.717) is 5.69 Å². The van der Waals surface area contributed by atoms with Crippen molar-refractivity contribution in [2.75, 3.05) is 18.5 Å². The van der Waals surface area contributed by atoms with E-state index in [4.69, 9.17) is 10.2 Å². The predicted molar refractivity (Wildman–Crippen MR) is 71.3 cm³/mol. The number of amides is 2. The van der Waals surface area contributed by atoms with Gasteiger partial charge >= 0.3 is 12.0 Å². The van der Waals surface area contributed by atoms with Crippen molar-refractivity contribution in [2.45, 2.75) is 19.9 Å². The molecule has 0 saturated heterocycles. The zero-order valence-corrected chi connectivity index (χ0v) is 11.0. The SMILES string of the molecule is CC(C)N(CCO)C(=O)Nc1ccc(C(=O)O)cc1. The van der Waals surface area contributed by atoms with Gasteiger partial charge in [-0.15, -0.1) is 0 Å². The van der Waals surface area contributed by atoms with Crippen LogP contribution in [0.25, 0.3) is 0 Å². The molecule has 0 aromatic heterocycles. The number of urea groups is 1. The van der Waals surface area contributed by atoms with Gasteiger partial charge in [-0.2, -0.15) is 0 Å². The lowest BCUT2D eigenvalue weighted by Crippen LogP contribution is -2.41. The van der Waals surface area contributed by atoms with Gasteiger partial charge < -0.3 is 20.4 Å². The van der Waals surface area contributed by atoms with Crippen LogP contribution < -0.4 is 5.32 Å². The van der Waals surface area contributed by atoms with Crippen LogP contribution in [-0.2, 0) is 0 Å². The van der Waals surface area contributed by atoms with Crippen LogP contribution in [0.2, 0.25) is 0 Å². The number of hydrogen-bond donors (Lipinski definition) is 3. The Morgan fingerprint density at radius 3 is 2.26 bits per heavy atom. The molecule has 3 N–H and O–H groups in total. The van der Waals surface area contributed by atoms with E-state index in [9.17, 15) is 9.59 Å². The maximum Gasteiger partial charge on any atom is 0.335 e. The van der Waals surface area contributed by atoms with Crippen molar-refractivity contribution in [1.82, 2.24) is 4.90 Å². The number of aromatic carboxylic acids is 1. The van der Waals surface area contributed by atoms with Gasteiger partial charge in [0.15, 0.2) is 0 Å². The minimum Gasteiger partial charge on any atom is -0.478 e. The first-order valence-electron chi connectivity index (χ1n) is 5.97. The fraction of sp³-hybridized carbons (Fsp3) is 0.385. The van der Waals surface area contributed by atoms with E-state index in [1.165, 1.54) is 29.2 Å². The minimum absolute atomic E-state index is 0.0366. The summed E-state index contributed by atoms with van der Waals surface area (Å²) >= 11 is 0. The van der Waals surface area contributed by atoms with Gasteiger partial charge in [0.1, 0.15) is 0 Å². The maximum absolute atomic E-state index is 12.0. The van der Waals surface area contributed by atoms with Crippen molar-refractivity contribution in [3.63, 3.8) is 0 Å². The highest BCUT2D eigenvalue weighted by Gasteiger charge is 2.16. The minimum atomic E-state index is -1.01. The molecular weight excluding hydrogens is 248 g/mol. The average molecular weight is 266 g/mol. The Labute approximate surface area is 111 Å². The Balaban J connectivity index is 2.72. The molecule has 0 unspecified atom stereocenters. The van der Waals surface area contributed by atoms with E-state index >= 15 is 0 Å². The summed E-state index contributed by atoms with van der Waals surface area (Å²) in [6.07, 6.45) is 0. The molecule has 1 aromatic carbocycles. The summed E-state index contributed by atoms with van der Waals surface area (Å²) in [5, 5.41) is 20.3. The van der Waals surface area contributed by atoms with E-state index in [0.717, 1.165) is 0 Å². The van der Waals surface area contributed by atoms with Crippen LogP contribution in [0.5, 0.6) is 0 Å². The zero-order chi connectivity index (χ0) is 14.4. The Kier molecular flexibility index (Phi) is 5.32. The number of nitrogens with one attached hydrogen (secondary N) is 1. The molecule has 6 nitrogen and oxygen atoms in total. The van der Waals surface area contributed by atoms with Crippen LogP contribution in [0.4, 0.5) is 10.5 Å². The van der Waals surface area contributed by atoms with Gasteiger partial charge in [0.25, 0.3) is 0 Å². The second-order valence-electron chi connectivity index (χ2n) is 4.32. The van der Waals surface area contributed by atoms with Crippen molar-refractivity contribution in [1.29, 1.82) is 0 Å². The summed E-state index contributed by atoms with van der Waals surface area (Å²) in [6, 6.07) is 5.53. The lowest BCUT2D eigenvalue weighted by Gasteiger charge is -2.26. The highest BCUT2D eigenvalue weighted by atomic mass is 16.4.